The van der Waals surface area contributed by atoms with Gasteiger partial charge in [0.15, 0.2) is 0 Å². The van der Waals surface area contributed by atoms with Gasteiger partial charge in [-0.05, 0) is 30.3 Å². The maximum atomic E-state index is 12.2. The van der Waals surface area contributed by atoms with Crippen LogP contribution in [0.4, 0.5) is 11.4 Å². The van der Waals surface area contributed by atoms with Gasteiger partial charge in [0.2, 0.25) is 5.56 Å². The molecule has 2 heterocycles. The highest BCUT2D eigenvalue weighted by Crippen LogP contribution is 2.26. The molecule has 1 amide bonds. The molecule has 0 saturated heterocycles. The van der Waals surface area contributed by atoms with Gasteiger partial charge < -0.3 is 16.0 Å². The first-order valence-corrected chi connectivity index (χ1v) is 6.28. The number of fused-ring (bicyclic) bond motifs is 1. The van der Waals surface area contributed by atoms with E-state index in [4.69, 9.17) is 5.73 Å². The number of nitrogens with one attached hydrogen (secondary N) is 2. The summed E-state index contributed by atoms with van der Waals surface area (Å²) in [7, 11) is 0. The number of carbonyl (C=O) groups is 1. The Bertz CT molecular complexity index is 886. The van der Waals surface area contributed by atoms with Gasteiger partial charge in [-0.3, -0.25) is 14.6 Å². The minimum absolute atomic E-state index is 0.285. The van der Waals surface area contributed by atoms with E-state index in [2.05, 4.69) is 15.3 Å². The van der Waals surface area contributed by atoms with Crippen LogP contribution in [-0.4, -0.2) is 15.9 Å². The Morgan fingerprint density at radius 3 is 2.90 bits per heavy atom. The second-order valence-electron chi connectivity index (χ2n) is 4.50. The van der Waals surface area contributed by atoms with Gasteiger partial charge in [0.05, 0.1) is 16.9 Å². The third-order valence-electron chi connectivity index (χ3n) is 3.09. The molecule has 0 bridgehead atoms. The predicted molar refractivity (Wildman–Crippen MR) is 81.2 cm³/mol. The van der Waals surface area contributed by atoms with E-state index in [-0.39, 0.29) is 17.0 Å². The number of hydrogen-bond donors (Lipinski definition) is 3. The topological polar surface area (TPSA) is 101 Å². The molecule has 0 unspecified atom stereocenters. The SMILES string of the molecule is Nc1ccc(NC(=O)c2cc[nH]c(=O)c2)c2cccnc12. The monoisotopic (exact) mass is 280 g/mol. The predicted octanol–water partition coefficient (Wildman–Crippen LogP) is 1.76. The summed E-state index contributed by atoms with van der Waals surface area (Å²) in [5.74, 6) is -0.365. The molecule has 0 aliphatic carbocycles. The number of aromatic nitrogens is 2. The number of H-pyrrole nitrogens is 1. The molecule has 21 heavy (non-hydrogen) atoms. The number of anilines is 2. The fourth-order valence-electron chi connectivity index (χ4n) is 2.08. The fraction of sp³-hybridized carbons (Fsp3) is 0. The van der Waals surface area contributed by atoms with Crippen LogP contribution >= 0.6 is 0 Å². The zero-order valence-electron chi connectivity index (χ0n) is 11.0. The second kappa shape index (κ2) is 5.09. The molecular formula is C15H12N4O2. The Morgan fingerprint density at radius 2 is 2.10 bits per heavy atom. The van der Waals surface area contributed by atoms with Crippen molar-refractivity contribution in [2.45, 2.75) is 0 Å². The lowest BCUT2D eigenvalue weighted by molar-refractivity contribution is 0.102. The van der Waals surface area contributed by atoms with Crippen molar-refractivity contribution in [2.75, 3.05) is 11.1 Å². The average molecular weight is 280 g/mol. The maximum absolute atomic E-state index is 12.2. The van der Waals surface area contributed by atoms with Gasteiger partial charge in [-0.25, -0.2) is 0 Å². The Balaban J connectivity index is 2.01. The molecule has 0 radical (unpaired) electrons. The number of nitrogens with two attached hydrogens (primary N) is 1. The van der Waals surface area contributed by atoms with Crippen molar-refractivity contribution in [3.63, 3.8) is 0 Å². The average Bonchev–Trinajstić information content (AvgIpc) is 2.50. The van der Waals surface area contributed by atoms with Gasteiger partial charge in [-0.2, -0.15) is 0 Å². The first kappa shape index (κ1) is 12.9. The first-order chi connectivity index (χ1) is 10.1. The van der Waals surface area contributed by atoms with Crippen LogP contribution in [-0.2, 0) is 0 Å². The van der Waals surface area contributed by atoms with Gasteiger partial charge >= 0.3 is 0 Å². The van der Waals surface area contributed by atoms with Crippen molar-refractivity contribution < 1.29 is 4.79 Å². The second-order valence-corrected chi connectivity index (χ2v) is 4.50. The third kappa shape index (κ3) is 2.46. The Labute approximate surface area is 119 Å². The van der Waals surface area contributed by atoms with Crippen LogP contribution in [0.2, 0.25) is 0 Å². The maximum Gasteiger partial charge on any atom is 0.255 e. The van der Waals surface area contributed by atoms with Crippen molar-refractivity contribution in [3.05, 3.63) is 64.7 Å². The van der Waals surface area contributed by atoms with Crippen LogP contribution in [0.25, 0.3) is 10.9 Å². The summed E-state index contributed by atoms with van der Waals surface area (Å²) in [4.78, 5) is 30.1. The Kier molecular flexibility index (Phi) is 3.12. The molecule has 3 aromatic rings. The molecule has 6 nitrogen and oxygen atoms in total. The van der Waals surface area contributed by atoms with Gasteiger partial charge in [0, 0.05) is 29.4 Å². The molecular weight excluding hydrogens is 268 g/mol. The highest BCUT2D eigenvalue weighted by Gasteiger charge is 2.10. The highest BCUT2D eigenvalue weighted by molar-refractivity contribution is 6.10. The minimum Gasteiger partial charge on any atom is -0.397 e. The zero-order chi connectivity index (χ0) is 14.8. The van der Waals surface area contributed by atoms with E-state index in [9.17, 15) is 9.59 Å². The van der Waals surface area contributed by atoms with Crippen molar-refractivity contribution in [1.29, 1.82) is 0 Å². The normalized spacial score (nSPS) is 10.5. The van der Waals surface area contributed by atoms with Crippen molar-refractivity contribution in [2.24, 2.45) is 0 Å². The van der Waals surface area contributed by atoms with Gasteiger partial charge in [-0.1, -0.05) is 0 Å². The summed E-state index contributed by atoms with van der Waals surface area (Å²) < 4.78 is 0. The lowest BCUT2D eigenvalue weighted by atomic mass is 10.1. The molecule has 0 saturated carbocycles. The summed E-state index contributed by atoms with van der Waals surface area (Å²) in [5.41, 5.74) is 7.59. The van der Waals surface area contributed by atoms with Gasteiger partial charge in [0.1, 0.15) is 0 Å². The largest absolute Gasteiger partial charge is 0.397 e. The van der Waals surface area contributed by atoms with E-state index in [0.29, 0.717) is 16.9 Å². The molecule has 2 aromatic heterocycles. The standard InChI is InChI=1S/C15H12N4O2/c16-11-3-4-12(10-2-1-6-18-14(10)11)19-15(21)9-5-7-17-13(20)8-9/h1-8H,16H2,(H,17,20)(H,19,21). The number of aromatic amines is 1. The highest BCUT2D eigenvalue weighted by atomic mass is 16.2. The molecule has 1 aromatic carbocycles. The van der Waals surface area contributed by atoms with Crippen LogP contribution in [0.3, 0.4) is 0 Å². The minimum atomic E-state index is -0.365. The van der Waals surface area contributed by atoms with E-state index in [1.165, 1.54) is 18.3 Å². The summed E-state index contributed by atoms with van der Waals surface area (Å²) in [5, 5.41) is 3.51. The van der Waals surface area contributed by atoms with Crippen molar-refractivity contribution in [3.8, 4) is 0 Å². The van der Waals surface area contributed by atoms with Crippen LogP contribution < -0.4 is 16.6 Å². The molecule has 6 heteroatoms. The number of nitrogens with zero attached hydrogens (tertiary/aromatic N) is 1. The lowest BCUT2D eigenvalue weighted by Gasteiger charge is -2.09. The molecule has 0 fully saturated rings. The van der Waals surface area contributed by atoms with Crippen LogP contribution in [0.15, 0.2) is 53.6 Å². The molecule has 3 rings (SSSR count). The van der Waals surface area contributed by atoms with Gasteiger partial charge in [0.25, 0.3) is 5.91 Å². The van der Waals surface area contributed by atoms with E-state index < -0.39 is 0 Å². The number of rotatable bonds is 2. The van der Waals surface area contributed by atoms with Crippen molar-refractivity contribution in [1.82, 2.24) is 9.97 Å². The molecule has 0 atom stereocenters. The molecule has 104 valence electrons. The quantitative estimate of drug-likeness (QED) is 0.622. The van der Waals surface area contributed by atoms with Crippen LogP contribution in [0, 0.1) is 0 Å². The number of pyridine rings is 2. The number of amides is 1. The third-order valence-corrected chi connectivity index (χ3v) is 3.09. The van der Waals surface area contributed by atoms with E-state index >= 15 is 0 Å². The Hall–Kier alpha value is -3.15. The van der Waals surface area contributed by atoms with Crippen molar-refractivity contribution >= 4 is 28.2 Å². The van der Waals surface area contributed by atoms with Crippen LogP contribution in [0.1, 0.15) is 10.4 Å². The summed E-state index contributed by atoms with van der Waals surface area (Å²) in [6, 6.07) is 9.77. The van der Waals surface area contributed by atoms with Gasteiger partial charge in [-0.15, -0.1) is 0 Å². The van der Waals surface area contributed by atoms with E-state index in [1.54, 1.807) is 24.4 Å². The molecule has 0 spiro atoms. The Morgan fingerprint density at radius 1 is 1.24 bits per heavy atom. The smallest absolute Gasteiger partial charge is 0.255 e. The van der Waals surface area contributed by atoms with Crippen LogP contribution in [0.5, 0.6) is 0 Å². The summed E-state index contributed by atoms with van der Waals surface area (Å²) >= 11 is 0. The molecule has 4 N–H and O–H groups in total. The fourth-order valence-corrected chi connectivity index (χ4v) is 2.08. The number of benzene rings is 1. The molecule has 0 aliphatic heterocycles. The molecule has 0 aliphatic rings. The number of hydrogen-bond acceptors (Lipinski definition) is 4. The summed E-state index contributed by atoms with van der Waals surface area (Å²) in [6.07, 6.45) is 3.07. The number of nitrogen functional groups attached to an aromatic ring is 1. The first-order valence-electron chi connectivity index (χ1n) is 6.28. The zero-order valence-corrected chi connectivity index (χ0v) is 11.0. The number of carbonyl (C=O) groups excluding carboxylic acids is 1. The lowest BCUT2D eigenvalue weighted by Crippen LogP contribution is -2.15. The summed E-state index contributed by atoms with van der Waals surface area (Å²) in [6.45, 7) is 0. The van der Waals surface area contributed by atoms with E-state index in [0.717, 1.165) is 5.39 Å². The van der Waals surface area contributed by atoms with E-state index in [1.807, 2.05) is 6.07 Å².